The monoisotopic (exact) mass is 382 g/mol. The summed E-state index contributed by atoms with van der Waals surface area (Å²) in [5, 5.41) is 0. The fraction of sp³-hybridized carbons (Fsp3) is 0.160. The molecule has 0 bridgehead atoms. The van der Waals surface area contributed by atoms with Gasteiger partial charge in [0.05, 0.1) is 11.9 Å². The molecule has 0 fully saturated rings. The van der Waals surface area contributed by atoms with Crippen molar-refractivity contribution in [2.75, 3.05) is 5.75 Å². The molecule has 2 nitrogen and oxygen atoms in total. The molecule has 4 aromatic rings. The van der Waals surface area contributed by atoms with Crippen LogP contribution in [0.4, 0.5) is 0 Å². The second kappa shape index (κ2) is 7.33. The van der Waals surface area contributed by atoms with E-state index in [-0.39, 0.29) is 0 Å². The van der Waals surface area contributed by atoms with E-state index in [0.717, 1.165) is 35.8 Å². The number of benzene rings is 3. The Morgan fingerprint density at radius 2 is 1.68 bits per heavy atom. The van der Waals surface area contributed by atoms with E-state index in [1.807, 2.05) is 18.0 Å². The van der Waals surface area contributed by atoms with E-state index < -0.39 is 0 Å². The zero-order valence-electron chi connectivity index (χ0n) is 15.9. The van der Waals surface area contributed by atoms with Gasteiger partial charge in [-0.25, -0.2) is 4.98 Å². The van der Waals surface area contributed by atoms with E-state index in [9.17, 15) is 0 Å². The van der Waals surface area contributed by atoms with Gasteiger partial charge in [0, 0.05) is 27.5 Å². The molecule has 0 aliphatic carbocycles. The molecule has 0 unspecified atom stereocenters. The maximum absolute atomic E-state index is 4.92. The van der Waals surface area contributed by atoms with Crippen molar-refractivity contribution in [3.63, 3.8) is 0 Å². The van der Waals surface area contributed by atoms with Crippen LogP contribution in [0.5, 0.6) is 0 Å². The van der Waals surface area contributed by atoms with E-state index in [2.05, 4.69) is 84.3 Å². The molecular weight excluding hydrogens is 360 g/mol. The number of hydrogen-bond acceptors (Lipinski definition) is 2. The van der Waals surface area contributed by atoms with Crippen molar-refractivity contribution in [3.05, 3.63) is 90.1 Å². The van der Waals surface area contributed by atoms with Crippen molar-refractivity contribution >= 4 is 11.8 Å². The van der Waals surface area contributed by atoms with Gasteiger partial charge in [0.2, 0.25) is 0 Å². The molecule has 0 saturated carbocycles. The lowest BCUT2D eigenvalue weighted by Gasteiger charge is -2.15. The average molecular weight is 383 g/mol. The molecule has 0 spiro atoms. The predicted molar refractivity (Wildman–Crippen MR) is 118 cm³/mol. The molecule has 5 rings (SSSR count). The van der Waals surface area contributed by atoms with Crippen molar-refractivity contribution in [3.8, 4) is 28.3 Å². The van der Waals surface area contributed by atoms with Crippen LogP contribution in [0.2, 0.25) is 0 Å². The molecule has 2 heterocycles. The minimum absolute atomic E-state index is 1.03. The van der Waals surface area contributed by atoms with Gasteiger partial charge in [-0.05, 0) is 42.2 Å². The first-order chi connectivity index (χ1) is 13.9. The number of thioether (sulfide) groups is 1. The smallest absolute Gasteiger partial charge is 0.146 e. The highest BCUT2D eigenvalue weighted by atomic mass is 32.2. The molecule has 0 atom stereocenters. The van der Waals surface area contributed by atoms with Gasteiger partial charge in [-0.1, -0.05) is 61.5 Å². The first-order valence-corrected chi connectivity index (χ1v) is 10.8. The number of hydrogen-bond donors (Lipinski definition) is 0. The Balaban J connectivity index is 1.76. The largest absolute Gasteiger partial charge is 0.292 e. The van der Waals surface area contributed by atoms with Crippen LogP contribution in [0.25, 0.3) is 28.3 Å². The van der Waals surface area contributed by atoms with Crippen LogP contribution in [0.15, 0.2) is 83.9 Å². The normalized spacial score (nSPS) is 12.9. The number of rotatable bonds is 4. The van der Waals surface area contributed by atoms with Gasteiger partial charge in [-0.2, -0.15) is 0 Å². The van der Waals surface area contributed by atoms with Crippen LogP contribution in [-0.2, 0) is 12.8 Å². The number of fused-ring (bicyclic) bond motifs is 1. The van der Waals surface area contributed by atoms with Crippen molar-refractivity contribution in [2.24, 2.45) is 0 Å². The maximum Gasteiger partial charge on any atom is 0.146 e. The predicted octanol–water partition coefficient (Wildman–Crippen LogP) is 6.42. The Bertz CT molecular complexity index is 1110. The molecular formula is C25H22N2S. The molecule has 1 aliphatic heterocycles. The molecule has 3 heteroatoms. The van der Waals surface area contributed by atoms with Gasteiger partial charge in [-0.15, -0.1) is 11.8 Å². The summed E-state index contributed by atoms with van der Waals surface area (Å²) in [5.74, 6) is 2.19. The third-order valence-electron chi connectivity index (χ3n) is 5.42. The molecule has 0 radical (unpaired) electrons. The number of aryl methyl sites for hydroxylation is 1. The molecule has 1 aromatic heterocycles. The summed E-state index contributed by atoms with van der Waals surface area (Å²) >= 11 is 1.97. The van der Waals surface area contributed by atoms with E-state index in [4.69, 9.17) is 4.98 Å². The Hall–Kier alpha value is -2.78. The van der Waals surface area contributed by atoms with Gasteiger partial charge in [0.1, 0.15) is 5.82 Å². The highest BCUT2D eigenvalue weighted by Gasteiger charge is 2.23. The Labute approximate surface area is 170 Å². The van der Waals surface area contributed by atoms with Crippen molar-refractivity contribution in [2.45, 2.75) is 24.7 Å². The second-order valence-corrected chi connectivity index (χ2v) is 8.14. The van der Waals surface area contributed by atoms with Crippen molar-refractivity contribution in [1.29, 1.82) is 0 Å². The van der Waals surface area contributed by atoms with Gasteiger partial charge in [0.15, 0.2) is 0 Å². The SMILES string of the molecule is CCc1ccc(-c2ncc(-c3ccccc3)n2-c2ccccc2)c2c1CCS2. The first-order valence-electron chi connectivity index (χ1n) is 9.83. The van der Waals surface area contributed by atoms with Crippen LogP contribution < -0.4 is 0 Å². The molecule has 1 aliphatic rings. The van der Waals surface area contributed by atoms with E-state index in [1.54, 1.807) is 0 Å². The quantitative estimate of drug-likeness (QED) is 0.405. The fourth-order valence-corrected chi connectivity index (χ4v) is 5.30. The number of aromatic nitrogens is 2. The Kier molecular flexibility index (Phi) is 4.53. The first kappa shape index (κ1) is 17.3. The molecule has 3 aromatic carbocycles. The van der Waals surface area contributed by atoms with Crippen LogP contribution in [-0.4, -0.2) is 15.3 Å². The van der Waals surface area contributed by atoms with Crippen molar-refractivity contribution < 1.29 is 0 Å². The topological polar surface area (TPSA) is 17.8 Å². The molecule has 0 saturated heterocycles. The summed E-state index contributed by atoms with van der Waals surface area (Å²) in [7, 11) is 0. The van der Waals surface area contributed by atoms with Crippen LogP contribution in [0.3, 0.4) is 0 Å². The standard InChI is InChI=1S/C25H22N2S/c1-2-18-13-14-22(24-21(18)15-16-28-24)25-26-17-23(19-9-5-3-6-10-19)27(25)20-11-7-4-8-12-20/h3-14,17H,2,15-16H2,1H3. The highest BCUT2D eigenvalue weighted by molar-refractivity contribution is 7.99. The van der Waals surface area contributed by atoms with E-state index in [1.165, 1.54) is 27.1 Å². The third-order valence-corrected chi connectivity index (χ3v) is 6.59. The number of para-hydroxylation sites is 1. The van der Waals surface area contributed by atoms with Crippen LogP contribution >= 0.6 is 11.8 Å². The summed E-state index contributed by atoms with van der Waals surface area (Å²) in [6, 6.07) is 25.7. The van der Waals surface area contributed by atoms with Crippen LogP contribution in [0, 0.1) is 0 Å². The lowest BCUT2D eigenvalue weighted by Crippen LogP contribution is -2.01. The molecule has 28 heavy (non-hydrogen) atoms. The van der Waals surface area contributed by atoms with Crippen molar-refractivity contribution in [1.82, 2.24) is 9.55 Å². The molecule has 0 N–H and O–H groups in total. The van der Waals surface area contributed by atoms with E-state index >= 15 is 0 Å². The lowest BCUT2D eigenvalue weighted by molar-refractivity contribution is 1.02. The molecule has 0 amide bonds. The summed E-state index contributed by atoms with van der Waals surface area (Å²) in [4.78, 5) is 6.34. The number of nitrogens with zero attached hydrogens (tertiary/aromatic N) is 2. The zero-order valence-corrected chi connectivity index (χ0v) is 16.7. The minimum Gasteiger partial charge on any atom is -0.292 e. The maximum atomic E-state index is 4.92. The van der Waals surface area contributed by atoms with Gasteiger partial charge in [-0.3, -0.25) is 4.57 Å². The summed E-state index contributed by atoms with van der Waals surface area (Å²) in [5.41, 5.74) is 7.70. The fourth-order valence-electron chi connectivity index (χ4n) is 4.06. The van der Waals surface area contributed by atoms with Gasteiger partial charge in [0.25, 0.3) is 0 Å². The van der Waals surface area contributed by atoms with Gasteiger partial charge < -0.3 is 0 Å². The van der Waals surface area contributed by atoms with E-state index in [0.29, 0.717) is 0 Å². The summed E-state index contributed by atoms with van der Waals surface area (Å²) in [6.07, 6.45) is 4.26. The lowest BCUT2D eigenvalue weighted by atomic mass is 9.99. The average Bonchev–Trinajstić information content (AvgIpc) is 3.42. The minimum atomic E-state index is 1.03. The molecule has 138 valence electrons. The number of imidazole rings is 1. The summed E-state index contributed by atoms with van der Waals surface area (Å²) < 4.78 is 2.30. The second-order valence-electron chi connectivity index (χ2n) is 7.04. The zero-order chi connectivity index (χ0) is 18.9. The Morgan fingerprint density at radius 1 is 0.929 bits per heavy atom. The Morgan fingerprint density at radius 3 is 2.43 bits per heavy atom. The summed E-state index contributed by atoms with van der Waals surface area (Å²) in [6.45, 7) is 2.25. The highest BCUT2D eigenvalue weighted by Crippen LogP contribution is 2.42. The van der Waals surface area contributed by atoms with Gasteiger partial charge >= 0.3 is 0 Å². The third kappa shape index (κ3) is 2.87. The van der Waals surface area contributed by atoms with Crippen LogP contribution in [0.1, 0.15) is 18.1 Å².